The molecule has 5 nitrogen and oxygen atoms in total. The van der Waals surface area contributed by atoms with E-state index in [1.54, 1.807) is 17.7 Å². The number of aryl methyl sites for hydroxylation is 3. The number of fused-ring (bicyclic) bond motifs is 1. The Morgan fingerprint density at radius 2 is 1.88 bits per heavy atom. The van der Waals surface area contributed by atoms with Gasteiger partial charge in [0.15, 0.2) is 11.6 Å². The third kappa shape index (κ3) is 3.14. The molecule has 0 radical (unpaired) electrons. The first-order valence-corrected chi connectivity index (χ1v) is 9.68. The van der Waals surface area contributed by atoms with Crippen molar-refractivity contribution in [3.8, 4) is 0 Å². The first kappa shape index (κ1) is 17.8. The Bertz CT molecular complexity index is 1000. The van der Waals surface area contributed by atoms with Crippen molar-refractivity contribution in [3.63, 3.8) is 0 Å². The number of aromatic nitrogens is 3. The molecule has 3 aromatic rings. The molecule has 0 fully saturated rings. The van der Waals surface area contributed by atoms with Gasteiger partial charge < -0.3 is 4.98 Å². The third-order valence-corrected chi connectivity index (χ3v) is 6.44. The molecule has 3 rings (SSSR count). The lowest BCUT2D eigenvalue weighted by molar-refractivity contribution is 0.101. The lowest BCUT2D eigenvalue weighted by atomic mass is 10.1. The first-order chi connectivity index (χ1) is 11.8. The zero-order chi connectivity index (χ0) is 18.3. The monoisotopic (exact) mass is 373 g/mol. The number of thiophene rings is 1. The van der Waals surface area contributed by atoms with Gasteiger partial charge in [-0.15, -0.1) is 11.3 Å². The Hall–Kier alpha value is -1.99. The number of thioether (sulfide) groups is 1. The van der Waals surface area contributed by atoms with Crippen LogP contribution < -0.4 is 0 Å². The molecule has 0 unspecified atom stereocenters. The van der Waals surface area contributed by atoms with Crippen LogP contribution in [-0.4, -0.2) is 32.3 Å². The van der Waals surface area contributed by atoms with Crippen LogP contribution in [-0.2, 0) is 0 Å². The summed E-state index contributed by atoms with van der Waals surface area (Å²) in [7, 11) is 0. The van der Waals surface area contributed by atoms with Gasteiger partial charge in [0.25, 0.3) is 0 Å². The number of nitrogens with zero attached hydrogens (tertiary/aromatic N) is 2. The maximum absolute atomic E-state index is 12.6. The van der Waals surface area contributed by atoms with Crippen molar-refractivity contribution in [2.75, 3.05) is 5.75 Å². The molecular weight excluding hydrogens is 354 g/mol. The Labute approximate surface area is 154 Å². The molecule has 0 bridgehead atoms. The van der Waals surface area contributed by atoms with Crippen molar-refractivity contribution < 1.29 is 9.59 Å². The summed E-state index contributed by atoms with van der Waals surface area (Å²) in [5.74, 6) is 0.202. The molecule has 0 atom stereocenters. The summed E-state index contributed by atoms with van der Waals surface area (Å²) in [4.78, 5) is 38.3. The van der Waals surface area contributed by atoms with E-state index in [0.29, 0.717) is 11.3 Å². The molecule has 0 spiro atoms. The van der Waals surface area contributed by atoms with E-state index in [1.165, 1.54) is 29.1 Å². The summed E-state index contributed by atoms with van der Waals surface area (Å²) in [6, 6.07) is 0. The number of rotatable bonds is 5. The average Bonchev–Trinajstić information content (AvgIpc) is 3.01. The molecule has 0 saturated carbocycles. The molecule has 1 N–H and O–H groups in total. The molecule has 130 valence electrons. The number of hydrogen-bond donors (Lipinski definition) is 1. The maximum Gasteiger partial charge on any atom is 0.189 e. The van der Waals surface area contributed by atoms with Crippen LogP contribution in [0, 0.1) is 27.7 Å². The van der Waals surface area contributed by atoms with Crippen molar-refractivity contribution >= 4 is 44.9 Å². The molecule has 0 saturated heterocycles. The molecule has 0 amide bonds. The van der Waals surface area contributed by atoms with Crippen LogP contribution in [0.1, 0.15) is 49.5 Å². The molecule has 7 heteroatoms. The number of Topliss-reactive ketones (excluding diaryl/α,β-unsaturated/α-hetero) is 2. The Balaban J connectivity index is 1.87. The van der Waals surface area contributed by atoms with Crippen LogP contribution in [0.2, 0.25) is 0 Å². The van der Waals surface area contributed by atoms with Crippen LogP contribution in [0.3, 0.4) is 0 Å². The van der Waals surface area contributed by atoms with E-state index >= 15 is 0 Å². The highest BCUT2D eigenvalue weighted by atomic mass is 32.2. The normalized spacial score (nSPS) is 11.2. The minimum atomic E-state index is -0.0329. The van der Waals surface area contributed by atoms with Crippen molar-refractivity contribution in [1.82, 2.24) is 15.0 Å². The van der Waals surface area contributed by atoms with E-state index in [0.717, 1.165) is 26.5 Å². The second-order valence-electron chi connectivity index (χ2n) is 6.04. The Kier molecular flexibility index (Phi) is 4.79. The Morgan fingerprint density at radius 1 is 1.16 bits per heavy atom. The summed E-state index contributed by atoms with van der Waals surface area (Å²) in [6.45, 7) is 9.27. The van der Waals surface area contributed by atoms with Gasteiger partial charge in [-0.3, -0.25) is 9.59 Å². The lowest BCUT2D eigenvalue weighted by Gasteiger charge is -2.03. The highest BCUT2D eigenvalue weighted by Crippen LogP contribution is 2.34. The predicted molar refractivity (Wildman–Crippen MR) is 102 cm³/mol. The van der Waals surface area contributed by atoms with E-state index in [9.17, 15) is 9.59 Å². The smallest absolute Gasteiger partial charge is 0.189 e. The van der Waals surface area contributed by atoms with Gasteiger partial charge in [0.05, 0.1) is 11.4 Å². The zero-order valence-electron chi connectivity index (χ0n) is 14.8. The largest absolute Gasteiger partial charge is 0.355 e. The predicted octanol–water partition coefficient (Wildman–Crippen LogP) is 4.43. The van der Waals surface area contributed by atoms with Gasteiger partial charge in [-0.2, -0.15) is 0 Å². The highest BCUT2D eigenvalue weighted by molar-refractivity contribution is 8.00. The van der Waals surface area contributed by atoms with E-state index < -0.39 is 0 Å². The summed E-state index contributed by atoms with van der Waals surface area (Å²) < 4.78 is 0. The van der Waals surface area contributed by atoms with Crippen molar-refractivity contribution in [1.29, 1.82) is 0 Å². The number of nitrogens with one attached hydrogen (secondary N) is 1. The zero-order valence-corrected chi connectivity index (χ0v) is 16.4. The third-order valence-electron chi connectivity index (χ3n) is 4.34. The average molecular weight is 374 g/mol. The second-order valence-corrected chi connectivity index (χ2v) is 8.20. The van der Waals surface area contributed by atoms with Gasteiger partial charge in [0.1, 0.15) is 16.2 Å². The van der Waals surface area contributed by atoms with E-state index in [-0.39, 0.29) is 17.3 Å². The number of ketones is 2. The molecule has 3 heterocycles. The van der Waals surface area contributed by atoms with E-state index in [2.05, 4.69) is 28.8 Å². The number of aromatic amines is 1. The van der Waals surface area contributed by atoms with Gasteiger partial charge in [-0.05, 0) is 45.7 Å². The van der Waals surface area contributed by atoms with Crippen LogP contribution >= 0.6 is 23.1 Å². The Morgan fingerprint density at radius 3 is 2.52 bits per heavy atom. The van der Waals surface area contributed by atoms with Gasteiger partial charge in [0, 0.05) is 21.5 Å². The van der Waals surface area contributed by atoms with Crippen molar-refractivity contribution in [2.45, 2.75) is 39.6 Å². The van der Waals surface area contributed by atoms with Crippen LogP contribution in [0.5, 0.6) is 0 Å². The van der Waals surface area contributed by atoms with E-state index in [4.69, 9.17) is 0 Å². The van der Waals surface area contributed by atoms with Crippen molar-refractivity contribution in [2.24, 2.45) is 0 Å². The standard InChI is InChI=1S/C18H19N3O2S2/c1-8-12(5)25-18-15(8)17(19-7-20-18)24-6-13(23)16-9(2)14(11(4)22)10(3)21-16/h7,21H,6H2,1-5H3. The second kappa shape index (κ2) is 6.72. The van der Waals surface area contributed by atoms with Crippen molar-refractivity contribution in [3.05, 3.63) is 39.3 Å². The fourth-order valence-electron chi connectivity index (χ4n) is 3.02. The van der Waals surface area contributed by atoms with Gasteiger partial charge in [-0.1, -0.05) is 11.8 Å². The number of H-pyrrole nitrogens is 1. The summed E-state index contributed by atoms with van der Waals surface area (Å²) in [5.41, 5.74) is 3.76. The summed E-state index contributed by atoms with van der Waals surface area (Å²) in [5, 5.41) is 1.86. The minimum Gasteiger partial charge on any atom is -0.355 e. The fraction of sp³-hybridized carbons (Fsp3) is 0.333. The van der Waals surface area contributed by atoms with Crippen LogP contribution in [0.4, 0.5) is 0 Å². The van der Waals surface area contributed by atoms with Crippen LogP contribution in [0.15, 0.2) is 11.4 Å². The molecular formula is C18H19N3O2S2. The molecule has 0 aromatic carbocycles. The highest BCUT2D eigenvalue weighted by Gasteiger charge is 2.21. The maximum atomic E-state index is 12.6. The number of carbonyl (C=O) groups excluding carboxylic acids is 2. The van der Waals surface area contributed by atoms with Gasteiger partial charge in [-0.25, -0.2) is 9.97 Å². The SMILES string of the molecule is CC(=O)c1c(C)[nH]c(C(=O)CSc2ncnc3sc(C)c(C)c23)c1C. The number of carbonyl (C=O) groups is 2. The summed E-state index contributed by atoms with van der Waals surface area (Å²) >= 11 is 3.06. The minimum absolute atomic E-state index is 0.0279. The van der Waals surface area contributed by atoms with Crippen LogP contribution in [0.25, 0.3) is 10.2 Å². The van der Waals surface area contributed by atoms with Gasteiger partial charge >= 0.3 is 0 Å². The molecule has 0 aliphatic carbocycles. The molecule has 0 aliphatic heterocycles. The van der Waals surface area contributed by atoms with Gasteiger partial charge in [0.2, 0.25) is 0 Å². The van der Waals surface area contributed by atoms with E-state index in [1.807, 2.05) is 13.8 Å². The topological polar surface area (TPSA) is 75.7 Å². The fourth-order valence-corrected chi connectivity index (χ4v) is 5.01. The summed E-state index contributed by atoms with van der Waals surface area (Å²) in [6.07, 6.45) is 1.54. The molecule has 0 aliphatic rings. The molecule has 25 heavy (non-hydrogen) atoms. The first-order valence-electron chi connectivity index (χ1n) is 7.88. The molecule has 3 aromatic heterocycles. The number of hydrogen-bond acceptors (Lipinski definition) is 6. The lowest BCUT2D eigenvalue weighted by Crippen LogP contribution is -2.06. The quantitative estimate of drug-likeness (QED) is 0.407.